The number of allylic oxidation sites excluding steroid dienone is 5. The first-order valence-electron chi connectivity index (χ1n) is 12.3. The van der Waals surface area contributed by atoms with E-state index >= 15 is 0 Å². The number of nitrogens with one attached hydrogen (secondary N) is 1. The zero-order valence-corrected chi connectivity index (χ0v) is 22.0. The molecule has 1 aromatic rings. The summed E-state index contributed by atoms with van der Waals surface area (Å²) in [5.74, 6) is 0. The van der Waals surface area contributed by atoms with E-state index < -0.39 is 0 Å². The molecule has 0 bridgehead atoms. The number of fused-ring (bicyclic) bond motifs is 1. The summed E-state index contributed by atoms with van der Waals surface area (Å²) < 4.78 is 0. The molecule has 5 nitrogen and oxygen atoms in total. The molecule has 1 saturated heterocycles. The van der Waals surface area contributed by atoms with Crippen LogP contribution in [0.25, 0.3) is 11.3 Å². The molecule has 0 aromatic heterocycles. The number of rotatable bonds is 6. The number of aromatic nitrogens is 1. The van der Waals surface area contributed by atoms with Gasteiger partial charge in [-0.3, -0.25) is 9.79 Å². The van der Waals surface area contributed by atoms with Gasteiger partial charge in [0.1, 0.15) is 0 Å². The summed E-state index contributed by atoms with van der Waals surface area (Å²) in [4.78, 5) is 25.4. The van der Waals surface area contributed by atoms with Crippen LogP contribution in [0.3, 0.4) is 0 Å². The van der Waals surface area contributed by atoms with Gasteiger partial charge in [0.25, 0.3) is 5.56 Å². The van der Waals surface area contributed by atoms with E-state index in [4.69, 9.17) is 16.6 Å². The Morgan fingerprint density at radius 2 is 1.89 bits per heavy atom. The number of benzene rings is 1. The lowest BCUT2D eigenvalue weighted by Gasteiger charge is -2.25. The predicted molar refractivity (Wildman–Crippen MR) is 153 cm³/mol. The third kappa shape index (κ3) is 5.97. The van der Waals surface area contributed by atoms with Gasteiger partial charge in [-0.1, -0.05) is 54.6 Å². The van der Waals surface area contributed by atoms with Crippen LogP contribution in [0.15, 0.2) is 93.9 Å². The molecule has 1 aromatic carbocycles. The highest BCUT2D eigenvalue weighted by molar-refractivity contribution is 6.30. The van der Waals surface area contributed by atoms with Crippen molar-refractivity contribution in [3.05, 3.63) is 106 Å². The second kappa shape index (κ2) is 11.4. The largest absolute Gasteiger partial charge is 0.373 e. The highest BCUT2D eigenvalue weighted by Crippen LogP contribution is 2.29. The van der Waals surface area contributed by atoms with E-state index in [-0.39, 0.29) is 5.56 Å². The van der Waals surface area contributed by atoms with Gasteiger partial charge in [-0.25, -0.2) is 0 Å². The lowest BCUT2D eigenvalue weighted by Crippen LogP contribution is -2.29. The molecule has 4 rings (SSSR count). The molecular weight excluding hydrogens is 468 g/mol. The molecule has 0 unspecified atom stereocenters. The van der Waals surface area contributed by atoms with Gasteiger partial charge >= 0.3 is 0 Å². The number of aryl methyl sites for hydroxylation is 1. The van der Waals surface area contributed by atoms with Gasteiger partial charge in [-0.2, -0.15) is 0 Å². The molecule has 2 aliphatic heterocycles. The Balaban J connectivity index is 1.56. The Morgan fingerprint density at radius 3 is 2.69 bits per heavy atom. The van der Waals surface area contributed by atoms with E-state index in [9.17, 15) is 4.79 Å². The number of hydrogen-bond acceptors (Lipinski definition) is 4. The summed E-state index contributed by atoms with van der Waals surface area (Å²) >= 11 is 5.83. The van der Waals surface area contributed by atoms with Crippen molar-refractivity contribution in [2.75, 3.05) is 31.1 Å². The smallest absolute Gasteiger partial charge is 0.258 e. The molecule has 3 aliphatic rings. The Labute approximate surface area is 218 Å². The molecule has 0 spiro atoms. The summed E-state index contributed by atoms with van der Waals surface area (Å²) in [6.07, 6.45) is 6.90. The molecule has 0 saturated carbocycles. The quantitative estimate of drug-likeness (QED) is 0.304. The van der Waals surface area contributed by atoms with E-state index in [0.717, 1.165) is 60.8 Å². The molecule has 0 radical (unpaired) electrons. The molecule has 6 heteroatoms. The molecule has 1 fully saturated rings. The van der Waals surface area contributed by atoms with Gasteiger partial charge < -0.3 is 14.8 Å². The SMILES string of the molecule is C=C(Cl)/C=C\C=C(/C)N1CCCN(c2ccc(C)c(N=C(C)c3c4cccccc-4[nH]c3=O)c2)CC1. The van der Waals surface area contributed by atoms with Crippen LogP contribution in [-0.4, -0.2) is 41.8 Å². The number of hydrogen-bond donors (Lipinski definition) is 1. The van der Waals surface area contributed by atoms with Gasteiger partial charge in [-0.15, -0.1) is 0 Å². The lowest BCUT2D eigenvalue weighted by atomic mass is 10.1. The number of anilines is 1. The summed E-state index contributed by atoms with van der Waals surface area (Å²) in [6.45, 7) is 13.6. The van der Waals surface area contributed by atoms with E-state index in [1.54, 1.807) is 6.08 Å². The zero-order chi connectivity index (χ0) is 25.7. The second-order valence-corrected chi connectivity index (χ2v) is 9.66. The maximum absolute atomic E-state index is 12.7. The maximum Gasteiger partial charge on any atom is 0.258 e. The van der Waals surface area contributed by atoms with Crippen molar-refractivity contribution in [1.82, 2.24) is 9.88 Å². The molecule has 0 atom stereocenters. The van der Waals surface area contributed by atoms with E-state index in [1.165, 1.54) is 5.70 Å². The molecule has 2 heterocycles. The van der Waals surface area contributed by atoms with Crippen molar-refractivity contribution in [2.45, 2.75) is 27.2 Å². The number of aliphatic imine (C=N–C) groups is 1. The first-order valence-corrected chi connectivity index (χ1v) is 12.7. The van der Waals surface area contributed by atoms with Crippen molar-refractivity contribution in [1.29, 1.82) is 0 Å². The van der Waals surface area contributed by atoms with E-state index in [2.05, 4.69) is 59.5 Å². The predicted octanol–water partition coefficient (Wildman–Crippen LogP) is 6.65. The van der Waals surface area contributed by atoms with Gasteiger partial charge in [0, 0.05) is 53.9 Å². The summed E-state index contributed by atoms with van der Waals surface area (Å²) in [6, 6.07) is 16.1. The summed E-state index contributed by atoms with van der Waals surface area (Å²) in [7, 11) is 0. The Morgan fingerprint density at radius 1 is 1.08 bits per heavy atom. The first-order chi connectivity index (χ1) is 17.3. The Kier molecular flexibility index (Phi) is 8.11. The van der Waals surface area contributed by atoms with Crippen LogP contribution in [0, 0.1) is 6.92 Å². The minimum atomic E-state index is -0.104. The van der Waals surface area contributed by atoms with Crippen LogP contribution >= 0.6 is 11.6 Å². The zero-order valence-electron chi connectivity index (χ0n) is 21.2. The van der Waals surface area contributed by atoms with Crippen molar-refractivity contribution in [2.24, 2.45) is 4.99 Å². The standard InChI is InChI=1S/C30H33ClN4O/c1-21-14-15-25(35-17-9-16-34(18-19-35)23(3)11-8-10-22(2)31)20-28(21)32-24(4)29-26-12-6-5-7-13-27(26)33-30(29)36/h5-8,10-15,20H,2,9,16-19H2,1,3-4H3,(H,33,36)/b10-8-,23-11+,32-24?. The van der Waals surface area contributed by atoms with Crippen LogP contribution in [0.5, 0.6) is 0 Å². The van der Waals surface area contributed by atoms with Gasteiger partial charge in [0.05, 0.1) is 17.0 Å². The highest BCUT2D eigenvalue weighted by Gasteiger charge is 2.18. The van der Waals surface area contributed by atoms with Crippen molar-refractivity contribution >= 4 is 28.7 Å². The van der Waals surface area contributed by atoms with Gasteiger partial charge in [0.15, 0.2) is 0 Å². The molecule has 1 aliphatic carbocycles. The molecule has 36 heavy (non-hydrogen) atoms. The van der Waals surface area contributed by atoms with Crippen molar-refractivity contribution in [3.8, 4) is 11.3 Å². The fourth-order valence-electron chi connectivity index (χ4n) is 4.62. The van der Waals surface area contributed by atoms with Crippen LogP contribution in [0.2, 0.25) is 0 Å². The first kappa shape index (κ1) is 25.5. The van der Waals surface area contributed by atoms with Gasteiger partial charge in [-0.05, 0) is 63.1 Å². The van der Waals surface area contributed by atoms with E-state index in [1.807, 2.05) is 43.3 Å². The Bertz CT molecular complexity index is 1370. The minimum Gasteiger partial charge on any atom is -0.373 e. The third-order valence-corrected chi connectivity index (χ3v) is 6.73. The number of H-pyrrole nitrogens is 1. The molecule has 1 N–H and O–H groups in total. The van der Waals surface area contributed by atoms with Gasteiger partial charge in [0.2, 0.25) is 0 Å². The third-order valence-electron chi connectivity index (χ3n) is 6.60. The molecule has 0 amide bonds. The van der Waals surface area contributed by atoms with Crippen LogP contribution in [0.4, 0.5) is 11.4 Å². The average Bonchev–Trinajstić information content (AvgIpc) is 3.03. The number of aromatic amines is 1. The fraction of sp³-hybridized carbons (Fsp3) is 0.267. The normalized spacial score (nSPS) is 15.6. The maximum atomic E-state index is 12.7. The highest BCUT2D eigenvalue weighted by atomic mass is 35.5. The number of nitrogens with zero attached hydrogens (tertiary/aromatic N) is 3. The van der Waals surface area contributed by atoms with Crippen molar-refractivity contribution < 1.29 is 0 Å². The van der Waals surface area contributed by atoms with Crippen LogP contribution in [-0.2, 0) is 0 Å². The Hall–Kier alpha value is -3.57. The van der Waals surface area contributed by atoms with Crippen LogP contribution in [0.1, 0.15) is 31.4 Å². The van der Waals surface area contributed by atoms with E-state index in [0.29, 0.717) is 16.3 Å². The average molecular weight is 501 g/mol. The number of halogens is 1. The van der Waals surface area contributed by atoms with Crippen molar-refractivity contribution in [3.63, 3.8) is 0 Å². The fourth-order valence-corrected chi connectivity index (χ4v) is 4.69. The molecule has 186 valence electrons. The minimum absolute atomic E-state index is 0.104. The second-order valence-electron chi connectivity index (χ2n) is 9.18. The summed E-state index contributed by atoms with van der Waals surface area (Å²) in [5.41, 5.74) is 7.30. The topological polar surface area (TPSA) is 51.7 Å². The lowest BCUT2D eigenvalue weighted by molar-refractivity contribution is 0.370. The monoisotopic (exact) mass is 500 g/mol. The summed E-state index contributed by atoms with van der Waals surface area (Å²) in [5, 5.41) is 0.527. The molecular formula is C30H33ClN4O. The van der Waals surface area contributed by atoms with Crippen LogP contribution < -0.4 is 10.5 Å².